The topological polar surface area (TPSA) is 69.9 Å². The molecular weight excluding hydrogens is 364 g/mol. The number of hydrogen-bond acceptors (Lipinski definition) is 5. The Morgan fingerprint density at radius 2 is 1.97 bits per heavy atom. The number of rotatable bonds is 6. The van der Waals surface area contributed by atoms with Crippen molar-refractivity contribution in [3.8, 4) is 17.0 Å². The minimum absolute atomic E-state index is 0.0400. The summed E-state index contributed by atoms with van der Waals surface area (Å²) in [6.45, 7) is 4.51. The van der Waals surface area contributed by atoms with E-state index in [1.807, 2.05) is 30.0 Å². The van der Waals surface area contributed by atoms with Gasteiger partial charge in [0.25, 0.3) is 5.56 Å². The number of hydrogen-bond donors (Lipinski definition) is 0. The van der Waals surface area contributed by atoms with Crippen LogP contribution in [0.1, 0.15) is 48.3 Å². The van der Waals surface area contributed by atoms with Gasteiger partial charge in [-0.25, -0.2) is 4.98 Å². The first-order valence-electron chi connectivity index (χ1n) is 10.2. The van der Waals surface area contributed by atoms with Gasteiger partial charge in [0.2, 0.25) is 5.88 Å². The zero-order valence-corrected chi connectivity index (χ0v) is 16.7. The Morgan fingerprint density at radius 3 is 2.72 bits per heavy atom. The van der Waals surface area contributed by atoms with Crippen LogP contribution in [0, 0.1) is 19.8 Å². The van der Waals surface area contributed by atoms with E-state index in [0.29, 0.717) is 36.2 Å². The van der Waals surface area contributed by atoms with Crippen LogP contribution in [-0.2, 0) is 0 Å². The van der Waals surface area contributed by atoms with Crippen molar-refractivity contribution in [3.63, 3.8) is 0 Å². The summed E-state index contributed by atoms with van der Waals surface area (Å²) in [5.74, 6) is 2.17. The lowest BCUT2D eigenvalue weighted by Crippen LogP contribution is -2.17. The molecule has 3 heterocycles. The summed E-state index contributed by atoms with van der Waals surface area (Å²) in [6.07, 6.45) is 8.84. The lowest BCUT2D eigenvalue weighted by Gasteiger charge is -2.12. The van der Waals surface area contributed by atoms with Gasteiger partial charge in [0.15, 0.2) is 0 Å². The standard InChI is InChI=1S/C23H24N4O2/c1-14-3-7-21(25-10-14)19-9-17(19)13-29-23-20(11-24-15(2)26-23)16-4-8-22(28)27(12-16)18-5-6-18/h3-4,7-8,10-12,17-19H,5-6,9,13H2,1-2H3. The summed E-state index contributed by atoms with van der Waals surface area (Å²) in [7, 11) is 0. The zero-order valence-electron chi connectivity index (χ0n) is 16.7. The maximum atomic E-state index is 12.1. The Morgan fingerprint density at radius 1 is 1.10 bits per heavy atom. The van der Waals surface area contributed by atoms with Gasteiger partial charge in [-0.3, -0.25) is 9.78 Å². The summed E-state index contributed by atoms with van der Waals surface area (Å²) in [6, 6.07) is 8.00. The van der Waals surface area contributed by atoms with Gasteiger partial charge in [-0.05, 0) is 50.8 Å². The molecule has 2 atom stereocenters. The minimum Gasteiger partial charge on any atom is -0.477 e. The predicted molar refractivity (Wildman–Crippen MR) is 110 cm³/mol. The highest BCUT2D eigenvalue weighted by Gasteiger charge is 2.40. The summed E-state index contributed by atoms with van der Waals surface area (Å²) in [5, 5.41) is 0. The second-order valence-electron chi connectivity index (χ2n) is 8.20. The number of pyridine rings is 2. The fourth-order valence-corrected chi connectivity index (χ4v) is 3.74. The van der Waals surface area contributed by atoms with Crippen molar-refractivity contribution in [1.82, 2.24) is 19.5 Å². The van der Waals surface area contributed by atoms with E-state index in [1.165, 1.54) is 5.56 Å². The van der Waals surface area contributed by atoms with Crippen molar-refractivity contribution < 1.29 is 4.74 Å². The summed E-state index contributed by atoms with van der Waals surface area (Å²) in [4.78, 5) is 25.6. The quantitative estimate of drug-likeness (QED) is 0.642. The Hall–Kier alpha value is -3.02. The number of nitrogens with zero attached hydrogens (tertiary/aromatic N) is 4. The summed E-state index contributed by atoms with van der Waals surface area (Å²) >= 11 is 0. The third kappa shape index (κ3) is 3.79. The molecule has 0 aliphatic heterocycles. The lowest BCUT2D eigenvalue weighted by molar-refractivity contribution is 0.285. The van der Waals surface area contributed by atoms with Crippen LogP contribution in [0.15, 0.2) is 47.7 Å². The normalized spacial score (nSPS) is 20.5. The van der Waals surface area contributed by atoms with Crippen molar-refractivity contribution in [2.75, 3.05) is 6.61 Å². The van der Waals surface area contributed by atoms with Gasteiger partial charge in [0.1, 0.15) is 5.82 Å². The molecule has 6 heteroatoms. The maximum absolute atomic E-state index is 12.1. The Kier molecular flexibility index (Phi) is 4.42. The third-order valence-corrected chi connectivity index (χ3v) is 5.73. The second-order valence-corrected chi connectivity index (χ2v) is 8.20. The molecule has 5 rings (SSSR count). The van der Waals surface area contributed by atoms with Gasteiger partial charge in [-0.15, -0.1) is 0 Å². The molecule has 0 spiro atoms. The minimum atomic E-state index is 0.0400. The molecule has 3 aromatic rings. The average Bonchev–Trinajstić information content (AvgIpc) is 3.62. The first-order valence-corrected chi connectivity index (χ1v) is 10.2. The molecule has 0 bridgehead atoms. The zero-order chi connectivity index (χ0) is 20.0. The number of aromatic nitrogens is 4. The van der Waals surface area contributed by atoms with Gasteiger partial charge in [-0.1, -0.05) is 6.07 Å². The van der Waals surface area contributed by atoms with Crippen LogP contribution < -0.4 is 10.3 Å². The molecule has 6 nitrogen and oxygen atoms in total. The van der Waals surface area contributed by atoms with Crippen molar-refractivity contribution in [3.05, 3.63) is 70.3 Å². The summed E-state index contributed by atoms with van der Waals surface area (Å²) < 4.78 is 7.97. The highest BCUT2D eigenvalue weighted by atomic mass is 16.5. The Labute approximate surface area is 169 Å². The van der Waals surface area contributed by atoms with E-state index >= 15 is 0 Å². The van der Waals surface area contributed by atoms with Crippen molar-refractivity contribution in [2.45, 2.75) is 45.1 Å². The number of ether oxygens (including phenoxy) is 1. The largest absolute Gasteiger partial charge is 0.477 e. The molecule has 0 aromatic carbocycles. The predicted octanol–water partition coefficient (Wildman–Crippen LogP) is 3.83. The molecule has 2 saturated carbocycles. The fraction of sp³-hybridized carbons (Fsp3) is 0.391. The SMILES string of the molecule is Cc1ccc(C2CC2COc2nc(C)ncc2-c2ccc(=O)n(C3CC3)c2)nc1. The van der Waals surface area contributed by atoms with Crippen LogP contribution in [0.25, 0.3) is 11.1 Å². The van der Waals surface area contributed by atoms with E-state index in [4.69, 9.17) is 4.74 Å². The molecule has 2 fully saturated rings. The highest BCUT2D eigenvalue weighted by Crippen LogP contribution is 2.47. The van der Waals surface area contributed by atoms with E-state index in [9.17, 15) is 4.79 Å². The van der Waals surface area contributed by atoms with Crippen molar-refractivity contribution in [1.29, 1.82) is 0 Å². The van der Waals surface area contributed by atoms with Crippen LogP contribution in [0.3, 0.4) is 0 Å². The summed E-state index contributed by atoms with van der Waals surface area (Å²) in [5.41, 5.74) is 4.10. The molecule has 0 saturated heterocycles. The Balaban J connectivity index is 1.35. The van der Waals surface area contributed by atoms with E-state index in [1.54, 1.807) is 12.3 Å². The van der Waals surface area contributed by atoms with E-state index < -0.39 is 0 Å². The molecule has 2 aliphatic carbocycles. The average molecular weight is 388 g/mol. The van der Waals surface area contributed by atoms with Crippen molar-refractivity contribution in [2.24, 2.45) is 5.92 Å². The van der Waals surface area contributed by atoms with Crippen LogP contribution in [0.2, 0.25) is 0 Å². The molecule has 3 aromatic heterocycles. The molecule has 2 aliphatic rings. The van der Waals surface area contributed by atoms with Gasteiger partial charge in [0, 0.05) is 53.8 Å². The first-order chi connectivity index (χ1) is 14.1. The van der Waals surface area contributed by atoms with Crippen LogP contribution in [0.4, 0.5) is 0 Å². The van der Waals surface area contributed by atoms with Gasteiger partial charge in [-0.2, -0.15) is 4.98 Å². The molecule has 0 amide bonds. The molecule has 2 unspecified atom stereocenters. The molecule has 148 valence electrons. The van der Waals surface area contributed by atoms with Gasteiger partial charge >= 0.3 is 0 Å². The van der Waals surface area contributed by atoms with Gasteiger partial charge < -0.3 is 9.30 Å². The fourth-order valence-electron chi connectivity index (χ4n) is 3.74. The Bertz CT molecular complexity index is 1100. The van der Waals surface area contributed by atoms with E-state index in [-0.39, 0.29) is 5.56 Å². The monoisotopic (exact) mass is 388 g/mol. The van der Waals surface area contributed by atoms with Crippen molar-refractivity contribution >= 4 is 0 Å². The van der Waals surface area contributed by atoms with Crippen LogP contribution in [0.5, 0.6) is 5.88 Å². The smallest absolute Gasteiger partial charge is 0.250 e. The lowest BCUT2D eigenvalue weighted by atomic mass is 10.1. The maximum Gasteiger partial charge on any atom is 0.250 e. The van der Waals surface area contributed by atoms with E-state index in [2.05, 4.69) is 34.0 Å². The molecule has 29 heavy (non-hydrogen) atoms. The van der Waals surface area contributed by atoms with Crippen LogP contribution in [-0.4, -0.2) is 26.1 Å². The first kappa shape index (κ1) is 18.0. The third-order valence-electron chi connectivity index (χ3n) is 5.73. The number of aryl methyl sites for hydroxylation is 2. The van der Waals surface area contributed by atoms with Gasteiger partial charge in [0.05, 0.1) is 12.2 Å². The molecule has 0 radical (unpaired) electrons. The van der Waals surface area contributed by atoms with Crippen LogP contribution >= 0.6 is 0 Å². The molecular formula is C23H24N4O2. The van der Waals surface area contributed by atoms with E-state index in [0.717, 1.165) is 36.1 Å². The highest BCUT2D eigenvalue weighted by molar-refractivity contribution is 5.66. The molecule has 0 N–H and O–H groups in total. The second kappa shape index (κ2) is 7.10.